The molecule has 2 nitrogen and oxygen atoms in total. The lowest BCUT2D eigenvalue weighted by Crippen LogP contribution is -1.94. The Hall–Kier alpha value is -1.00. The van der Waals surface area contributed by atoms with Crippen LogP contribution < -0.4 is 0 Å². The average Bonchev–Trinajstić information content (AvgIpc) is 2.68. The fourth-order valence-electron chi connectivity index (χ4n) is 1.58. The first-order chi connectivity index (χ1) is 8.08. The molecule has 0 amide bonds. The number of aromatic carboxylic acids is 1. The van der Waals surface area contributed by atoms with E-state index in [4.69, 9.17) is 5.11 Å². The molecule has 0 atom stereocenters. The summed E-state index contributed by atoms with van der Waals surface area (Å²) in [4.78, 5) is 10.9. The van der Waals surface area contributed by atoms with Crippen LogP contribution in [0.4, 0.5) is 0 Å². The van der Waals surface area contributed by atoms with Crippen LogP contribution in [0, 0.1) is 0 Å². The molecule has 1 aromatic heterocycles. The lowest BCUT2D eigenvalue weighted by molar-refractivity contribution is 0.0697. The number of hydrogen-bond acceptors (Lipinski definition) is 3. The Kier molecular flexibility index (Phi) is 3.74. The van der Waals surface area contributed by atoms with Crippen molar-refractivity contribution >= 4 is 39.2 Å². The zero-order chi connectivity index (χ0) is 12.4. The fraction of sp³-hybridized carbons (Fsp3) is 0.308. The molecular weight excluding hydrogens is 252 g/mol. The van der Waals surface area contributed by atoms with Gasteiger partial charge in [0.2, 0.25) is 0 Å². The maximum atomic E-state index is 10.9. The predicted molar refractivity (Wildman–Crippen MR) is 75.2 cm³/mol. The van der Waals surface area contributed by atoms with Crippen LogP contribution in [0.25, 0.3) is 10.1 Å². The lowest BCUT2D eigenvalue weighted by Gasteiger charge is -2.03. The maximum Gasteiger partial charge on any atom is 0.335 e. The number of benzene rings is 1. The predicted octanol–water partition coefficient (Wildman–Crippen LogP) is 4.24. The zero-order valence-electron chi connectivity index (χ0n) is 9.77. The van der Waals surface area contributed by atoms with Crippen molar-refractivity contribution in [3.63, 3.8) is 0 Å². The second-order valence-corrected chi connectivity index (χ2v) is 6.61. The Bertz CT molecular complexity index is 543. The fourth-order valence-corrected chi connectivity index (χ4v) is 3.44. The molecule has 2 aromatic rings. The van der Waals surface area contributed by atoms with Crippen molar-refractivity contribution in [3.05, 3.63) is 34.7 Å². The Morgan fingerprint density at radius 3 is 2.88 bits per heavy atom. The minimum atomic E-state index is -0.863. The Morgan fingerprint density at radius 2 is 2.24 bits per heavy atom. The number of carbonyl (C=O) groups is 1. The molecule has 17 heavy (non-hydrogen) atoms. The third kappa shape index (κ3) is 2.82. The number of thiophene rings is 1. The summed E-state index contributed by atoms with van der Waals surface area (Å²) in [6.07, 6.45) is 0. The van der Waals surface area contributed by atoms with Crippen molar-refractivity contribution < 1.29 is 9.90 Å². The van der Waals surface area contributed by atoms with Crippen molar-refractivity contribution in [2.24, 2.45) is 0 Å². The number of hydrogen-bond donors (Lipinski definition) is 1. The molecule has 0 unspecified atom stereocenters. The van der Waals surface area contributed by atoms with Crippen molar-refractivity contribution in [2.75, 3.05) is 0 Å². The maximum absolute atomic E-state index is 10.9. The van der Waals surface area contributed by atoms with Crippen molar-refractivity contribution in [1.29, 1.82) is 0 Å². The van der Waals surface area contributed by atoms with Crippen LogP contribution in [0.2, 0.25) is 0 Å². The average molecular weight is 266 g/mol. The molecule has 4 heteroatoms. The number of fused-ring (bicyclic) bond motifs is 1. The van der Waals surface area contributed by atoms with Gasteiger partial charge in [0.15, 0.2) is 0 Å². The smallest absolute Gasteiger partial charge is 0.335 e. The molecule has 0 aliphatic rings. The van der Waals surface area contributed by atoms with Gasteiger partial charge in [-0.1, -0.05) is 19.9 Å². The highest BCUT2D eigenvalue weighted by Gasteiger charge is 2.08. The molecule has 0 fully saturated rings. The van der Waals surface area contributed by atoms with Gasteiger partial charge in [0.1, 0.15) is 0 Å². The van der Waals surface area contributed by atoms with E-state index >= 15 is 0 Å². The number of rotatable bonds is 4. The topological polar surface area (TPSA) is 37.3 Å². The molecule has 0 aliphatic heterocycles. The monoisotopic (exact) mass is 266 g/mol. The molecule has 1 N–H and O–H groups in total. The Balaban J connectivity index is 2.31. The molecular formula is C13H14O2S2. The van der Waals surface area contributed by atoms with Crippen LogP contribution in [-0.2, 0) is 5.75 Å². The quantitative estimate of drug-likeness (QED) is 0.899. The summed E-state index contributed by atoms with van der Waals surface area (Å²) in [6, 6.07) is 5.36. The zero-order valence-corrected chi connectivity index (χ0v) is 11.4. The van der Waals surface area contributed by atoms with Gasteiger partial charge in [0.25, 0.3) is 0 Å². The summed E-state index contributed by atoms with van der Waals surface area (Å²) in [6.45, 7) is 4.36. The molecule has 2 rings (SSSR count). The molecule has 90 valence electrons. The van der Waals surface area contributed by atoms with E-state index in [0.29, 0.717) is 10.8 Å². The summed E-state index contributed by atoms with van der Waals surface area (Å²) in [7, 11) is 0. The summed E-state index contributed by atoms with van der Waals surface area (Å²) >= 11 is 3.53. The van der Waals surface area contributed by atoms with Gasteiger partial charge < -0.3 is 5.11 Å². The van der Waals surface area contributed by atoms with Crippen LogP contribution in [0.1, 0.15) is 29.8 Å². The van der Waals surface area contributed by atoms with Gasteiger partial charge in [-0.3, -0.25) is 0 Å². The second kappa shape index (κ2) is 5.10. The second-order valence-electron chi connectivity index (χ2n) is 4.14. The van der Waals surface area contributed by atoms with Crippen LogP contribution in [0.5, 0.6) is 0 Å². The van der Waals surface area contributed by atoms with E-state index in [0.717, 1.165) is 10.5 Å². The van der Waals surface area contributed by atoms with Gasteiger partial charge in [-0.15, -0.1) is 11.3 Å². The first kappa shape index (κ1) is 12.5. The summed E-state index contributed by atoms with van der Waals surface area (Å²) in [5, 5.41) is 12.9. The van der Waals surface area contributed by atoms with E-state index in [9.17, 15) is 4.79 Å². The van der Waals surface area contributed by atoms with E-state index in [1.54, 1.807) is 23.5 Å². The van der Waals surface area contributed by atoms with Gasteiger partial charge in [-0.25, -0.2) is 4.79 Å². The minimum absolute atomic E-state index is 0.363. The van der Waals surface area contributed by atoms with Crippen LogP contribution >= 0.6 is 23.1 Å². The number of thioether (sulfide) groups is 1. The molecule has 1 heterocycles. The van der Waals surface area contributed by atoms with Gasteiger partial charge in [-0.2, -0.15) is 11.8 Å². The first-order valence-corrected chi connectivity index (χ1v) is 7.36. The number of carboxylic acid groups (broad SMARTS) is 1. The van der Waals surface area contributed by atoms with Gasteiger partial charge in [0.05, 0.1) is 5.56 Å². The van der Waals surface area contributed by atoms with Crippen LogP contribution in [0.3, 0.4) is 0 Å². The van der Waals surface area contributed by atoms with E-state index in [2.05, 4.69) is 19.2 Å². The molecule has 0 aliphatic carbocycles. The van der Waals surface area contributed by atoms with E-state index in [-0.39, 0.29) is 0 Å². The van der Waals surface area contributed by atoms with Gasteiger partial charge in [-0.05, 0) is 33.7 Å². The van der Waals surface area contributed by atoms with E-state index < -0.39 is 5.97 Å². The highest BCUT2D eigenvalue weighted by Crippen LogP contribution is 2.30. The van der Waals surface area contributed by atoms with E-state index in [1.807, 2.05) is 17.8 Å². The highest BCUT2D eigenvalue weighted by molar-refractivity contribution is 7.99. The largest absolute Gasteiger partial charge is 0.478 e. The van der Waals surface area contributed by atoms with Crippen molar-refractivity contribution in [1.82, 2.24) is 0 Å². The molecule has 1 aromatic carbocycles. The molecule has 0 saturated carbocycles. The number of carboxylic acids is 1. The lowest BCUT2D eigenvalue weighted by atomic mass is 10.1. The summed E-state index contributed by atoms with van der Waals surface area (Å²) < 4.78 is 1.06. The molecule has 0 radical (unpaired) electrons. The van der Waals surface area contributed by atoms with E-state index in [1.165, 1.54) is 10.9 Å². The minimum Gasteiger partial charge on any atom is -0.478 e. The molecule has 0 spiro atoms. The van der Waals surface area contributed by atoms with Crippen molar-refractivity contribution in [3.8, 4) is 0 Å². The normalized spacial score (nSPS) is 11.2. The van der Waals surface area contributed by atoms with Gasteiger partial charge in [0, 0.05) is 10.5 Å². The SMILES string of the molecule is CC(C)SCc1csc2cc(C(=O)O)ccc12. The van der Waals surface area contributed by atoms with Crippen LogP contribution in [0.15, 0.2) is 23.6 Å². The summed E-state index contributed by atoms with van der Waals surface area (Å²) in [5.74, 6) is 0.128. The standard InChI is InChI=1S/C13H14O2S2/c1-8(2)16-6-10-7-17-12-5-9(13(14)15)3-4-11(10)12/h3-5,7-8H,6H2,1-2H3,(H,14,15). The van der Waals surface area contributed by atoms with Gasteiger partial charge >= 0.3 is 5.97 Å². The summed E-state index contributed by atoms with van der Waals surface area (Å²) in [5.41, 5.74) is 1.67. The molecule has 0 bridgehead atoms. The Labute approximate surface area is 109 Å². The third-order valence-electron chi connectivity index (χ3n) is 2.47. The highest BCUT2D eigenvalue weighted by atomic mass is 32.2. The van der Waals surface area contributed by atoms with Crippen molar-refractivity contribution in [2.45, 2.75) is 24.9 Å². The molecule has 0 saturated heterocycles. The third-order valence-corrected chi connectivity index (χ3v) is 4.61. The first-order valence-electron chi connectivity index (χ1n) is 5.43. The Morgan fingerprint density at radius 1 is 1.47 bits per heavy atom. The van der Waals surface area contributed by atoms with Crippen LogP contribution in [-0.4, -0.2) is 16.3 Å².